The molecular formula is C13H13IN2OS. The van der Waals surface area contributed by atoms with Crippen LogP contribution in [-0.2, 0) is 0 Å². The Hall–Kier alpha value is -0.920. The van der Waals surface area contributed by atoms with Gasteiger partial charge < -0.3 is 11.1 Å². The van der Waals surface area contributed by atoms with Gasteiger partial charge in [-0.05, 0) is 34.2 Å². The molecule has 1 heterocycles. The van der Waals surface area contributed by atoms with Gasteiger partial charge in [0.15, 0.2) is 0 Å². The zero-order valence-electron chi connectivity index (χ0n) is 9.60. The largest absolute Gasteiger partial charge is 0.350 e. The van der Waals surface area contributed by atoms with Crippen LogP contribution in [0.4, 0.5) is 0 Å². The molecule has 18 heavy (non-hydrogen) atoms. The second kappa shape index (κ2) is 6.31. The van der Waals surface area contributed by atoms with E-state index in [1.807, 2.05) is 41.8 Å². The molecule has 3 N–H and O–H groups in total. The van der Waals surface area contributed by atoms with E-state index in [9.17, 15) is 4.79 Å². The van der Waals surface area contributed by atoms with Gasteiger partial charge in [0.1, 0.15) is 0 Å². The van der Waals surface area contributed by atoms with Gasteiger partial charge in [-0.2, -0.15) is 0 Å². The van der Waals surface area contributed by atoms with Gasteiger partial charge in [-0.1, -0.05) is 30.3 Å². The summed E-state index contributed by atoms with van der Waals surface area (Å²) in [5.41, 5.74) is 7.74. The molecule has 1 amide bonds. The summed E-state index contributed by atoms with van der Waals surface area (Å²) in [6.07, 6.45) is 0. The van der Waals surface area contributed by atoms with Crippen molar-refractivity contribution in [3.63, 3.8) is 0 Å². The normalized spacial score (nSPS) is 12.1. The van der Waals surface area contributed by atoms with E-state index in [4.69, 9.17) is 5.73 Å². The molecule has 0 bridgehead atoms. The highest BCUT2D eigenvalue weighted by Gasteiger charge is 2.10. The van der Waals surface area contributed by atoms with Gasteiger partial charge in [-0.3, -0.25) is 4.79 Å². The van der Waals surface area contributed by atoms with Gasteiger partial charge in [-0.15, -0.1) is 11.3 Å². The summed E-state index contributed by atoms with van der Waals surface area (Å²) in [5.74, 6) is -0.0689. The summed E-state index contributed by atoms with van der Waals surface area (Å²) in [6, 6.07) is 11.5. The van der Waals surface area contributed by atoms with E-state index in [1.165, 1.54) is 0 Å². The van der Waals surface area contributed by atoms with Crippen LogP contribution in [0.25, 0.3) is 0 Å². The minimum absolute atomic E-state index is 0.0689. The van der Waals surface area contributed by atoms with Gasteiger partial charge >= 0.3 is 0 Å². The third-order valence-electron chi connectivity index (χ3n) is 2.54. The molecule has 0 saturated heterocycles. The zero-order valence-corrected chi connectivity index (χ0v) is 12.6. The average molecular weight is 372 g/mol. The molecule has 0 saturated carbocycles. The number of amides is 1. The van der Waals surface area contributed by atoms with Gasteiger partial charge in [-0.25, -0.2) is 0 Å². The quantitative estimate of drug-likeness (QED) is 0.811. The predicted octanol–water partition coefficient (Wildman–Crippen LogP) is 2.78. The van der Waals surface area contributed by atoms with Crippen molar-refractivity contribution in [1.29, 1.82) is 0 Å². The van der Waals surface area contributed by atoms with Crippen LogP contribution in [0.5, 0.6) is 0 Å². The highest BCUT2D eigenvalue weighted by atomic mass is 127. The standard InChI is InChI=1S/C13H13IN2OS/c14-12-6-10(8-18-12)13(17)16-7-11(15)9-4-2-1-3-5-9/h1-6,8,11H,7,15H2,(H,16,17). The molecule has 0 radical (unpaired) electrons. The van der Waals surface area contributed by atoms with Crippen LogP contribution in [-0.4, -0.2) is 12.5 Å². The van der Waals surface area contributed by atoms with Crippen LogP contribution in [0.3, 0.4) is 0 Å². The number of carbonyl (C=O) groups excluding carboxylic acids is 1. The Labute approximate surface area is 124 Å². The lowest BCUT2D eigenvalue weighted by Crippen LogP contribution is -2.31. The fourth-order valence-electron chi connectivity index (χ4n) is 1.55. The number of rotatable bonds is 4. The molecule has 0 spiro atoms. The van der Waals surface area contributed by atoms with Crippen LogP contribution >= 0.6 is 33.9 Å². The van der Waals surface area contributed by atoms with E-state index in [2.05, 4.69) is 27.9 Å². The number of carbonyl (C=O) groups is 1. The molecule has 0 aliphatic carbocycles. The fourth-order valence-corrected chi connectivity index (χ4v) is 2.88. The Morgan fingerprint density at radius 1 is 1.39 bits per heavy atom. The fraction of sp³-hybridized carbons (Fsp3) is 0.154. The van der Waals surface area contributed by atoms with Gasteiger partial charge in [0, 0.05) is 18.0 Å². The summed E-state index contributed by atoms with van der Waals surface area (Å²) in [6.45, 7) is 0.440. The second-order valence-electron chi connectivity index (χ2n) is 3.87. The van der Waals surface area contributed by atoms with Crippen LogP contribution in [0.1, 0.15) is 22.0 Å². The molecule has 1 atom stereocenters. The van der Waals surface area contributed by atoms with E-state index in [-0.39, 0.29) is 11.9 Å². The molecule has 1 unspecified atom stereocenters. The zero-order chi connectivity index (χ0) is 13.0. The minimum Gasteiger partial charge on any atom is -0.350 e. The van der Waals surface area contributed by atoms with E-state index in [1.54, 1.807) is 11.3 Å². The summed E-state index contributed by atoms with van der Waals surface area (Å²) in [7, 11) is 0. The van der Waals surface area contributed by atoms with Crippen molar-refractivity contribution < 1.29 is 4.79 Å². The number of thiophene rings is 1. The maximum absolute atomic E-state index is 11.8. The van der Waals surface area contributed by atoms with Crippen molar-refractivity contribution in [2.24, 2.45) is 5.73 Å². The summed E-state index contributed by atoms with van der Waals surface area (Å²) in [4.78, 5) is 11.8. The van der Waals surface area contributed by atoms with Crippen molar-refractivity contribution in [1.82, 2.24) is 5.32 Å². The van der Waals surface area contributed by atoms with Crippen LogP contribution in [0.15, 0.2) is 41.8 Å². The molecule has 1 aromatic heterocycles. The first-order valence-corrected chi connectivity index (χ1v) is 7.45. The Morgan fingerprint density at radius 2 is 2.11 bits per heavy atom. The predicted molar refractivity (Wildman–Crippen MR) is 82.7 cm³/mol. The lowest BCUT2D eigenvalue weighted by Gasteiger charge is -2.12. The first-order chi connectivity index (χ1) is 8.66. The van der Waals surface area contributed by atoms with Crippen molar-refractivity contribution in [3.8, 4) is 0 Å². The number of hydrogen-bond donors (Lipinski definition) is 2. The maximum Gasteiger partial charge on any atom is 0.252 e. The van der Waals surface area contributed by atoms with E-state index in [0.717, 1.165) is 8.45 Å². The highest BCUT2D eigenvalue weighted by Crippen LogP contribution is 2.16. The van der Waals surface area contributed by atoms with E-state index < -0.39 is 0 Å². The van der Waals surface area contributed by atoms with Crippen LogP contribution < -0.4 is 11.1 Å². The number of halogens is 1. The lowest BCUT2D eigenvalue weighted by molar-refractivity contribution is 0.0951. The maximum atomic E-state index is 11.8. The smallest absolute Gasteiger partial charge is 0.252 e. The van der Waals surface area contributed by atoms with Gasteiger partial charge in [0.25, 0.3) is 5.91 Å². The third-order valence-corrected chi connectivity index (χ3v) is 4.33. The van der Waals surface area contributed by atoms with Crippen molar-refractivity contribution in [2.45, 2.75) is 6.04 Å². The molecule has 2 rings (SSSR count). The minimum atomic E-state index is -0.173. The van der Waals surface area contributed by atoms with E-state index in [0.29, 0.717) is 12.1 Å². The molecule has 0 fully saturated rings. The topological polar surface area (TPSA) is 55.1 Å². The first kappa shape index (κ1) is 13.5. The lowest BCUT2D eigenvalue weighted by atomic mass is 10.1. The van der Waals surface area contributed by atoms with Gasteiger partial charge in [0.2, 0.25) is 0 Å². The Kier molecular flexibility index (Phi) is 4.73. The van der Waals surface area contributed by atoms with Crippen LogP contribution in [0.2, 0.25) is 0 Å². The monoisotopic (exact) mass is 372 g/mol. The summed E-state index contributed by atoms with van der Waals surface area (Å²) < 4.78 is 1.10. The average Bonchev–Trinajstić information content (AvgIpc) is 2.83. The Morgan fingerprint density at radius 3 is 2.72 bits per heavy atom. The first-order valence-electron chi connectivity index (χ1n) is 5.49. The molecule has 0 aliphatic rings. The van der Waals surface area contributed by atoms with Gasteiger partial charge in [0.05, 0.1) is 8.45 Å². The summed E-state index contributed by atoms with van der Waals surface area (Å²) >= 11 is 3.76. The number of nitrogens with two attached hydrogens (primary N) is 1. The van der Waals surface area contributed by atoms with Crippen LogP contribution in [0, 0.1) is 2.88 Å². The molecule has 2 aromatic rings. The third kappa shape index (κ3) is 3.54. The molecule has 5 heteroatoms. The number of hydrogen-bond acceptors (Lipinski definition) is 3. The summed E-state index contributed by atoms with van der Waals surface area (Å²) in [5, 5.41) is 4.70. The van der Waals surface area contributed by atoms with Crippen molar-refractivity contribution >= 4 is 39.8 Å². The van der Waals surface area contributed by atoms with E-state index >= 15 is 0 Å². The molecule has 0 aliphatic heterocycles. The SMILES string of the molecule is NC(CNC(=O)c1csc(I)c1)c1ccccc1. The highest BCUT2D eigenvalue weighted by molar-refractivity contribution is 14.1. The Bertz CT molecular complexity index is 527. The van der Waals surface area contributed by atoms with Crippen molar-refractivity contribution in [3.05, 3.63) is 55.8 Å². The Balaban J connectivity index is 1.90. The molecule has 94 valence electrons. The van der Waals surface area contributed by atoms with Crippen molar-refractivity contribution in [2.75, 3.05) is 6.54 Å². The number of nitrogens with one attached hydrogen (secondary N) is 1. The second-order valence-corrected chi connectivity index (χ2v) is 6.67. The molecule has 1 aromatic carbocycles. The number of benzene rings is 1. The molecular weight excluding hydrogens is 359 g/mol. The molecule has 3 nitrogen and oxygen atoms in total.